The molecule has 0 aliphatic heterocycles. The Morgan fingerprint density at radius 2 is 1.85 bits per heavy atom. The summed E-state index contributed by atoms with van der Waals surface area (Å²) in [7, 11) is 1.58. The SMILES string of the molecule is COc1ccccc1-n1c(SCC(=O)Nc2c(C)cccc2C)nc2cc([N+](=O)[O-])ccc21. The fraction of sp³-hybridized carbons (Fsp3) is 0.167. The van der Waals surface area contributed by atoms with Gasteiger partial charge in [0.05, 0.1) is 34.5 Å². The van der Waals surface area contributed by atoms with Gasteiger partial charge in [-0.15, -0.1) is 0 Å². The molecule has 3 aromatic carbocycles. The summed E-state index contributed by atoms with van der Waals surface area (Å²) in [6.45, 7) is 3.90. The quantitative estimate of drug-likeness (QED) is 0.228. The molecule has 0 fully saturated rings. The third-order valence-electron chi connectivity index (χ3n) is 5.22. The summed E-state index contributed by atoms with van der Waals surface area (Å²) < 4.78 is 7.38. The number of nitro benzene ring substituents is 1. The van der Waals surface area contributed by atoms with Crippen molar-refractivity contribution in [2.75, 3.05) is 18.2 Å². The Kier molecular flexibility index (Phi) is 6.32. The first-order valence-electron chi connectivity index (χ1n) is 10.2. The van der Waals surface area contributed by atoms with Gasteiger partial charge < -0.3 is 10.1 Å². The van der Waals surface area contributed by atoms with Crippen LogP contribution < -0.4 is 10.1 Å². The molecule has 1 amide bonds. The molecule has 1 heterocycles. The number of nitrogens with one attached hydrogen (secondary N) is 1. The number of thioether (sulfide) groups is 1. The number of carbonyl (C=O) groups excluding carboxylic acids is 1. The Bertz CT molecular complexity index is 1350. The number of nitro groups is 1. The molecule has 0 aliphatic carbocycles. The summed E-state index contributed by atoms with van der Waals surface area (Å²) >= 11 is 1.25. The summed E-state index contributed by atoms with van der Waals surface area (Å²) in [5.41, 5.74) is 4.61. The summed E-state index contributed by atoms with van der Waals surface area (Å²) in [5, 5.41) is 14.8. The molecule has 0 bridgehead atoms. The van der Waals surface area contributed by atoms with Gasteiger partial charge in [0.1, 0.15) is 5.75 Å². The molecule has 4 aromatic rings. The molecule has 33 heavy (non-hydrogen) atoms. The highest BCUT2D eigenvalue weighted by Gasteiger charge is 2.19. The van der Waals surface area contributed by atoms with Crippen LogP contribution in [0.2, 0.25) is 0 Å². The van der Waals surface area contributed by atoms with Crippen LogP contribution in [-0.2, 0) is 4.79 Å². The van der Waals surface area contributed by atoms with Crippen molar-refractivity contribution >= 4 is 40.1 Å². The Balaban J connectivity index is 1.70. The highest BCUT2D eigenvalue weighted by Crippen LogP contribution is 2.34. The van der Waals surface area contributed by atoms with Gasteiger partial charge in [-0.2, -0.15) is 0 Å². The number of para-hydroxylation sites is 3. The molecule has 4 rings (SSSR count). The summed E-state index contributed by atoms with van der Waals surface area (Å²) in [6, 6.07) is 17.8. The van der Waals surface area contributed by atoms with Crippen LogP contribution in [0.15, 0.2) is 65.8 Å². The molecule has 8 nitrogen and oxygen atoms in total. The van der Waals surface area contributed by atoms with E-state index in [1.54, 1.807) is 13.2 Å². The zero-order chi connectivity index (χ0) is 23.5. The lowest BCUT2D eigenvalue weighted by molar-refractivity contribution is -0.384. The fourth-order valence-electron chi connectivity index (χ4n) is 3.62. The third-order valence-corrected chi connectivity index (χ3v) is 6.16. The van der Waals surface area contributed by atoms with Crippen LogP contribution >= 0.6 is 11.8 Å². The lowest BCUT2D eigenvalue weighted by atomic mass is 10.1. The molecule has 168 valence electrons. The number of imidazole rings is 1. The lowest BCUT2D eigenvalue weighted by Crippen LogP contribution is -2.16. The number of amides is 1. The van der Waals surface area contributed by atoms with Crippen LogP contribution in [0.4, 0.5) is 11.4 Å². The average Bonchev–Trinajstić information content (AvgIpc) is 3.17. The number of fused-ring (bicyclic) bond motifs is 1. The van der Waals surface area contributed by atoms with E-state index in [1.165, 1.54) is 23.9 Å². The minimum absolute atomic E-state index is 0.0449. The number of carbonyl (C=O) groups is 1. The van der Waals surface area contributed by atoms with Crippen molar-refractivity contribution in [1.29, 1.82) is 0 Å². The van der Waals surface area contributed by atoms with Crippen LogP contribution in [0.5, 0.6) is 5.75 Å². The van der Waals surface area contributed by atoms with Gasteiger partial charge in [0.2, 0.25) is 5.91 Å². The minimum Gasteiger partial charge on any atom is -0.495 e. The van der Waals surface area contributed by atoms with Gasteiger partial charge in [-0.3, -0.25) is 19.5 Å². The minimum atomic E-state index is -0.452. The van der Waals surface area contributed by atoms with Crippen LogP contribution in [0.25, 0.3) is 16.7 Å². The molecular formula is C24H22N4O4S. The van der Waals surface area contributed by atoms with Gasteiger partial charge in [-0.1, -0.05) is 42.1 Å². The number of aryl methyl sites for hydroxylation is 2. The zero-order valence-electron chi connectivity index (χ0n) is 18.4. The van der Waals surface area contributed by atoms with E-state index in [0.29, 0.717) is 21.9 Å². The lowest BCUT2D eigenvalue weighted by Gasteiger charge is -2.13. The van der Waals surface area contributed by atoms with E-state index >= 15 is 0 Å². The second-order valence-corrected chi connectivity index (χ2v) is 8.38. The van der Waals surface area contributed by atoms with E-state index in [1.807, 2.05) is 60.9 Å². The molecule has 0 radical (unpaired) electrons. The molecule has 0 atom stereocenters. The third kappa shape index (κ3) is 4.54. The number of hydrogen-bond acceptors (Lipinski definition) is 6. The Morgan fingerprint density at radius 3 is 2.55 bits per heavy atom. The van der Waals surface area contributed by atoms with Crippen LogP contribution in [0.1, 0.15) is 11.1 Å². The molecule has 1 aromatic heterocycles. The molecule has 0 saturated carbocycles. The van der Waals surface area contributed by atoms with Gasteiger partial charge in [0.25, 0.3) is 5.69 Å². The van der Waals surface area contributed by atoms with E-state index in [4.69, 9.17) is 4.74 Å². The number of ether oxygens (including phenoxy) is 1. The van der Waals surface area contributed by atoms with Crippen LogP contribution in [0.3, 0.4) is 0 Å². The van der Waals surface area contributed by atoms with E-state index < -0.39 is 4.92 Å². The smallest absolute Gasteiger partial charge is 0.271 e. The second kappa shape index (κ2) is 9.33. The van der Waals surface area contributed by atoms with Gasteiger partial charge in [0, 0.05) is 17.8 Å². The molecule has 0 saturated heterocycles. The number of methoxy groups -OCH3 is 1. The summed E-state index contributed by atoms with van der Waals surface area (Å²) in [5.74, 6) is 0.577. The number of aromatic nitrogens is 2. The normalized spacial score (nSPS) is 10.9. The first kappa shape index (κ1) is 22.3. The molecule has 0 unspecified atom stereocenters. The molecule has 9 heteroatoms. The first-order valence-corrected chi connectivity index (χ1v) is 11.2. The van der Waals surface area contributed by atoms with Crippen molar-refractivity contribution in [3.8, 4) is 11.4 Å². The molecule has 0 spiro atoms. The van der Waals surface area contributed by atoms with E-state index in [9.17, 15) is 14.9 Å². The van der Waals surface area contributed by atoms with Gasteiger partial charge in [-0.25, -0.2) is 4.98 Å². The number of benzene rings is 3. The largest absolute Gasteiger partial charge is 0.495 e. The predicted molar refractivity (Wildman–Crippen MR) is 130 cm³/mol. The van der Waals surface area contributed by atoms with Crippen LogP contribution in [0, 0.1) is 24.0 Å². The first-order chi connectivity index (χ1) is 15.9. The van der Waals surface area contributed by atoms with E-state index in [2.05, 4.69) is 10.3 Å². The van der Waals surface area contributed by atoms with E-state index in [0.717, 1.165) is 22.5 Å². The Hall–Kier alpha value is -3.85. The maximum atomic E-state index is 12.7. The zero-order valence-corrected chi connectivity index (χ0v) is 19.2. The summed E-state index contributed by atoms with van der Waals surface area (Å²) in [6.07, 6.45) is 0. The maximum absolute atomic E-state index is 12.7. The monoisotopic (exact) mass is 462 g/mol. The van der Waals surface area contributed by atoms with Crippen molar-refractivity contribution in [1.82, 2.24) is 9.55 Å². The molecule has 1 N–H and O–H groups in total. The topological polar surface area (TPSA) is 99.3 Å². The van der Waals surface area contributed by atoms with Crippen molar-refractivity contribution in [2.24, 2.45) is 0 Å². The number of rotatable bonds is 7. The highest BCUT2D eigenvalue weighted by molar-refractivity contribution is 7.99. The van der Waals surface area contributed by atoms with Crippen molar-refractivity contribution in [2.45, 2.75) is 19.0 Å². The highest BCUT2D eigenvalue weighted by atomic mass is 32.2. The Morgan fingerprint density at radius 1 is 1.12 bits per heavy atom. The average molecular weight is 463 g/mol. The standard InChI is InChI=1S/C24H22N4O4S/c1-15-7-6-8-16(2)23(15)26-22(29)14-33-24-25-18-13-17(28(30)31)11-12-19(18)27(24)20-9-4-5-10-21(20)32-3/h4-13H,14H2,1-3H3,(H,26,29). The fourth-order valence-corrected chi connectivity index (χ4v) is 4.44. The summed E-state index contributed by atoms with van der Waals surface area (Å²) in [4.78, 5) is 28.1. The Labute approximate surface area is 194 Å². The van der Waals surface area contributed by atoms with E-state index in [-0.39, 0.29) is 17.3 Å². The van der Waals surface area contributed by atoms with Crippen molar-refractivity contribution in [3.63, 3.8) is 0 Å². The molecular weight excluding hydrogens is 440 g/mol. The van der Waals surface area contributed by atoms with Gasteiger partial charge in [0.15, 0.2) is 5.16 Å². The van der Waals surface area contributed by atoms with Crippen molar-refractivity contribution in [3.05, 3.63) is 81.9 Å². The molecule has 0 aliphatic rings. The van der Waals surface area contributed by atoms with Crippen LogP contribution in [-0.4, -0.2) is 33.2 Å². The number of anilines is 1. The van der Waals surface area contributed by atoms with Crippen molar-refractivity contribution < 1.29 is 14.5 Å². The second-order valence-electron chi connectivity index (χ2n) is 7.44. The maximum Gasteiger partial charge on any atom is 0.271 e. The van der Waals surface area contributed by atoms with Gasteiger partial charge in [-0.05, 0) is 43.2 Å². The number of hydrogen-bond donors (Lipinski definition) is 1. The number of nitrogens with zero attached hydrogens (tertiary/aromatic N) is 3. The van der Waals surface area contributed by atoms with Gasteiger partial charge >= 0.3 is 0 Å². The number of non-ortho nitro benzene ring substituents is 1. The predicted octanol–water partition coefficient (Wildman–Crippen LogP) is 5.29.